The number of halogens is 3. The molecule has 0 amide bonds. The molecule has 2 heterocycles. The predicted octanol–water partition coefficient (Wildman–Crippen LogP) is 2.77. The number of β-amino-alcohol motifs (C(OH)–C–C–N with tert-alkyl or cyclic N) is 1. The quantitative estimate of drug-likeness (QED) is 0.759. The highest BCUT2D eigenvalue weighted by molar-refractivity contribution is 9.10. The number of nitrogens with zero attached hydrogens (tertiary/aromatic N) is 3. The molecule has 3 rings (SSSR count). The Labute approximate surface area is 140 Å². The van der Waals surface area contributed by atoms with Gasteiger partial charge in [0.25, 0.3) is 0 Å². The lowest BCUT2D eigenvalue weighted by molar-refractivity contribution is -0.0123. The van der Waals surface area contributed by atoms with E-state index < -0.39 is 11.4 Å². The van der Waals surface area contributed by atoms with Crippen LogP contribution >= 0.6 is 27.5 Å². The molecule has 8 heteroatoms. The van der Waals surface area contributed by atoms with E-state index in [1.807, 2.05) is 4.90 Å². The first-order chi connectivity index (χ1) is 10.4. The van der Waals surface area contributed by atoms with Gasteiger partial charge in [-0.15, -0.1) is 0 Å². The maximum atomic E-state index is 14.3. The lowest BCUT2D eigenvalue weighted by Gasteiger charge is -2.28. The summed E-state index contributed by atoms with van der Waals surface area (Å²) in [5.41, 5.74) is -0.872. The fourth-order valence-corrected chi connectivity index (χ4v) is 3.00. The van der Waals surface area contributed by atoms with Crippen molar-refractivity contribution >= 4 is 44.3 Å². The van der Waals surface area contributed by atoms with E-state index in [2.05, 4.69) is 25.9 Å². The van der Waals surface area contributed by atoms with Crippen molar-refractivity contribution in [3.05, 3.63) is 27.7 Å². The van der Waals surface area contributed by atoms with E-state index in [0.717, 1.165) is 0 Å². The number of anilines is 1. The molecule has 1 aromatic carbocycles. The highest BCUT2D eigenvalue weighted by atomic mass is 79.9. The summed E-state index contributed by atoms with van der Waals surface area (Å²) in [7, 11) is 0. The minimum atomic E-state index is -1.02. The summed E-state index contributed by atoms with van der Waals surface area (Å²) in [5, 5.41) is 10.8. The van der Waals surface area contributed by atoms with Crippen LogP contribution in [0.2, 0.25) is 5.28 Å². The monoisotopic (exact) mass is 389 g/mol. The van der Waals surface area contributed by atoms with E-state index >= 15 is 0 Å². The van der Waals surface area contributed by atoms with Gasteiger partial charge in [0.2, 0.25) is 5.28 Å². The number of aliphatic hydroxyl groups is 1. The summed E-state index contributed by atoms with van der Waals surface area (Å²) < 4.78 is 20.0. The Morgan fingerprint density at radius 1 is 1.45 bits per heavy atom. The van der Waals surface area contributed by atoms with Crippen molar-refractivity contribution in [1.82, 2.24) is 9.97 Å². The first-order valence-corrected chi connectivity index (χ1v) is 7.91. The zero-order chi connectivity index (χ0) is 15.9. The van der Waals surface area contributed by atoms with E-state index in [0.29, 0.717) is 35.4 Å². The smallest absolute Gasteiger partial charge is 0.225 e. The second-order valence-corrected chi connectivity index (χ2v) is 6.74. The van der Waals surface area contributed by atoms with Crippen LogP contribution in [-0.2, 0) is 4.74 Å². The average molecular weight is 391 g/mol. The molecule has 1 unspecified atom stereocenters. The van der Waals surface area contributed by atoms with Gasteiger partial charge in [-0.25, -0.2) is 9.37 Å². The molecule has 0 saturated carbocycles. The molecule has 0 bridgehead atoms. The molecule has 1 N–H and O–H groups in total. The lowest BCUT2D eigenvalue weighted by atomic mass is 10.1. The van der Waals surface area contributed by atoms with Crippen molar-refractivity contribution in [1.29, 1.82) is 0 Å². The Morgan fingerprint density at radius 3 is 3.00 bits per heavy atom. The van der Waals surface area contributed by atoms with Crippen LogP contribution in [0.5, 0.6) is 0 Å². The van der Waals surface area contributed by atoms with Crippen LogP contribution in [-0.4, -0.2) is 47.0 Å². The van der Waals surface area contributed by atoms with Crippen molar-refractivity contribution in [3.63, 3.8) is 0 Å². The molecule has 1 saturated heterocycles. The maximum absolute atomic E-state index is 14.3. The zero-order valence-corrected chi connectivity index (χ0v) is 14.2. The van der Waals surface area contributed by atoms with Crippen molar-refractivity contribution in [2.45, 2.75) is 12.5 Å². The fourth-order valence-electron chi connectivity index (χ4n) is 2.52. The molecule has 1 aliphatic rings. The van der Waals surface area contributed by atoms with Gasteiger partial charge in [-0.05, 0) is 46.6 Å². The van der Waals surface area contributed by atoms with E-state index in [1.165, 1.54) is 0 Å². The van der Waals surface area contributed by atoms with Gasteiger partial charge in [-0.1, -0.05) is 0 Å². The number of ether oxygens (including phenoxy) is 1. The third-order valence-electron chi connectivity index (χ3n) is 3.46. The topological polar surface area (TPSA) is 58.5 Å². The van der Waals surface area contributed by atoms with Gasteiger partial charge in [-0.3, -0.25) is 0 Å². The zero-order valence-electron chi connectivity index (χ0n) is 11.8. The summed E-state index contributed by atoms with van der Waals surface area (Å²) >= 11 is 9.09. The van der Waals surface area contributed by atoms with Crippen LogP contribution in [0.15, 0.2) is 16.6 Å². The Bertz CT molecular complexity index is 729. The molecular weight excluding hydrogens is 377 g/mol. The van der Waals surface area contributed by atoms with Gasteiger partial charge in [-0.2, -0.15) is 4.98 Å². The Hall–Kier alpha value is -1.02. The number of rotatable bonds is 1. The van der Waals surface area contributed by atoms with Crippen molar-refractivity contribution in [2.75, 3.05) is 31.2 Å². The summed E-state index contributed by atoms with van der Waals surface area (Å²) in [6, 6.07) is 3.33. The van der Waals surface area contributed by atoms with Crippen LogP contribution in [0.4, 0.5) is 10.2 Å². The molecule has 1 aliphatic heterocycles. The molecule has 2 aromatic rings. The molecule has 1 fully saturated rings. The predicted molar refractivity (Wildman–Crippen MR) is 85.9 cm³/mol. The molecule has 118 valence electrons. The summed E-state index contributed by atoms with van der Waals surface area (Å²) in [5.74, 6) is 0.00746. The Morgan fingerprint density at radius 2 is 2.23 bits per heavy atom. The first-order valence-electron chi connectivity index (χ1n) is 6.74. The molecule has 1 aromatic heterocycles. The van der Waals surface area contributed by atoms with Gasteiger partial charge in [0.05, 0.1) is 24.2 Å². The van der Waals surface area contributed by atoms with Crippen LogP contribution < -0.4 is 4.90 Å². The molecule has 5 nitrogen and oxygen atoms in total. The Balaban J connectivity index is 2.15. The van der Waals surface area contributed by atoms with E-state index in [4.69, 9.17) is 16.3 Å². The van der Waals surface area contributed by atoms with E-state index in [1.54, 1.807) is 19.1 Å². The SMILES string of the molecule is CC1(O)COCCN(c2nc(Cl)nc3c(F)c(Br)ccc23)C1. The van der Waals surface area contributed by atoms with E-state index in [9.17, 15) is 9.50 Å². The van der Waals surface area contributed by atoms with Crippen molar-refractivity contribution < 1.29 is 14.2 Å². The van der Waals surface area contributed by atoms with Crippen molar-refractivity contribution in [2.24, 2.45) is 0 Å². The molecule has 0 spiro atoms. The Kier molecular flexibility index (Phi) is 4.24. The number of hydrogen-bond donors (Lipinski definition) is 1. The van der Waals surface area contributed by atoms with Crippen LogP contribution in [0, 0.1) is 5.82 Å². The molecule has 1 atom stereocenters. The third-order valence-corrected chi connectivity index (χ3v) is 4.24. The lowest BCUT2D eigenvalue weighted by Crippen LogP contribution is -2.42. The van der Waals surface area contributed by atoms with Crippen LogP contribution in [0.3, 0.4) is 0 Å². The van der Waals surface area contributed by atoms with Crippen molar-refractivity contribution in [3.8, 4) is 0 Å². The van der Waals surface area contributed by atoms with Gasteiger partial charge < -0.3 is 14.7 Å². The second kappa shape index (κ2) is 5.88. The molecule has 22 heavy (non-hydrogen) atoms. The molecular formula is C14H14BrClFN3O2. The minimum absolute atomic E-state index is 0.0377. The first kappa shape index (κ1) is 15.9. The largest absolute Gasteiger partial charge is 0.386 e. The van der Waals surface area contributed by atoms with Crippen LogP contribution in [0.25, 0.3) is 10.9 Å². The maximum Gasteiger partial charge on any atom is 0.225 e. The van der Waals surface area contributed by atoms with Crippen LogP contribution in [0.1, 0.15) is 6.92 Å². The average Bonchev–Trinajstić information content (AvgIpc) is 2.63. The number of aromatic nitrogens is 2. The van der Waals surface area contributed by atoms with Gasteiger partial charge in [0, 0.05) is 11.9 Å². The summed E-state index contributed by atoms with van der Waals surface area (Å²) in [4.78, 5) is 10.1. The number of hydrogen-bond acceptors (Lipinski definition) is 5. The molecule has 0 aliphatic carbocycles. The number of benzene rings is 1. The van der Waals surface area contributed by atoms with E-state index in [-0.39, 0.29) is 17.4 Å². The summed E-state index contributed by atoms with van der Waals surface area (Å²) in [6.07, 6.45) is 0. The van der Waals surface area contributed by atoms with Gasteiger partial charge >= 0.3 is 0 Å². The molecule has 0 radical (unpaired) electrons. The fraction of sp³-hybridized carbons (Fsp3) is 0.429. The third kappa shape index (κ3) is 3.03. The standard InChI is InChI=1S/C14H14BrClFN3O2/c1-14(21)6-20(4-5-22-7-14)12-8-2-3-9(15)10(17)11(8)18-13(16)19-12/h2-3,21H,4-7H2,1H3. The number of fused-ring (bicyclic) bond motifs is 1. The minimum Gasteiger partial charge on any atom is -0.386 e. The van der Waals surface area contributed by atoms with Gasteiger partial charge in [0.1, 0.15) is 16.9 Å². The normalized spacial score (nSPS) is 22.9. The highest BCUT2D eigenvalue weighted by Crippen LogP contribution is 2.31. The van der Waals surface area contributed by atoms with Gasteiger partial charge in [0.15, 0.2) is 5.82 Å². The highest BCUT2D eigenvalue weighted by Gasteiger charge is 2.29. The second-order valence-electron chi connectivity index (χ2n) is 5.54. The summed E-state index contributed by atoms with van der Waals surface area (Å²) in [6.45, 7) is 3.20.